The summed E-state index contributed by atoms with van der Waals surface area (Å²) in [4.78, 5) is 13.6. The molecule has 0 aliphatic heterocycles. The van der Waals surface area contributed by atoms with Crippen molar-refractivity contribution >= 4 is 16.9 Å². The molecule has 84 valence electrons. The molecular formula is C11H11FN2O2. The van der Waals surface area contributed by atoms with Crippen LogP contribution >= 0.6 is 0 Å². The Kier molecular flexibility index (Phi) is 2.62. The fraction of sp³-hybridized carbons (Fsp3) is 0.182. The highest BCUT2D eigenvalue weighted by Gasteiger charge is 2.22. The molecule has 0 saturated heterocycles. The number of hydrogen-bond acceptors (Lipinski definition) is 2. The zero-order valence-corrected chi connectivity index (χ0v) is 8.40. The molecule has 4 nitrogen and oxygen atoms in total. The van der Waals surface area contributed by atoms with Gasteiger partial charge < -0.3 is 15.8 Å². The second kappa shape index (κ2) is 3.94. The number of aliphatic carboxylic acids is 1. The van der Waals surface area contributed by atoms with Crippen molar-refractivity contribution in [3.63, 3.8) is 0 Å². The number of aromatic nitrogens is 1. The summed E-state index contributed by atoms with van der Waals surface area (Å²) in [6.07, 6.45) is 1.61. The first kappa shape index (κ1) is 10.6. The van der Waals surface area contributed by atoms with E-state index in [1.807, 2.05) is 0 Å². The molecule has 2 aromatic rings. The third-order valence-corrected chi connectivity index (χ3v) is 2.60. The lowest BCUT2D eigenvalue weighted by molar-refractivity contribution is -0.138. The van der Waals surface area contributed by atoms with Gasteiger partial charge in [0.2, 0.25) is 0 Å². The summed E-state index contributed by atoms with van der Waals surface area (Å²) in [6, 6.07) is 4.87. The Morgan fingerprint density at radius 1 is 1.50 bits per heavy atom. The molecule has 5 heteroatoms. The van der Waals surface area contributed by atoms with E-state index in [0.29, 0.717) is 10.9 Å². The molecule has 2 rings (SSSR count). The maximum atomic E-state index is 13.9. The summed E-state index contributed by atoms with van der Waals surface area (Å²) in [7, 11) is 0. The van der Waals surface area contributed by atoms with E-state index in [1.54, 1.807) is 18.3 Å². The first-order valence-electron chi connectivity index (χ1n) is 4.83. The van der Waals surface area contributed by atoms with E-state index in [1.165, 1.54) is 6.07 Å². The highest BCUT2D eigenvalue weighted by atomic mass is 19.1. The highest BCUT2D eigenvalue weighted by molar-refractivity contribution is 5.84. The number of carbonyl (C=O) groups is 1. The summed E-state index contributed by atoms with van der Waals surface area (Å²) >= 11 is 0. The number of carboxylic acid groups (broad SMARTS) is 1. The molecule has 1 unspecified atom stereocenters. The standard InChI is InChI=1S/C11H11FN2O2/c12-9-7(8(5-13)11(15)16)2-1-6-3-4-14-10(6)9/h1-4,8,14H,5,13H2,(H,15,16). The molecule has 0 aliphatic carbocycles. The van der Waals surface area contributed by atoms with Crippen LogP contribution in [0.4, 0.5) is 4.39 Å². The van der Waals surface area contributed by atoms with Gasteiger partial charge in [-0.1, -0.05) is 12.1 Å². The maximum absolute atomic E-state index is 13.9. The second-order valence-corrected chi connectivity index (χ2v) is 3.54. The Morgan fingerprint density at radius 2 is 2.25 bits per heavy atom. The third kappa shape index (κ3) is 1.55. The van der Waals surface area contributed by atoms with Crippen LogP contribution in [0.1, 0.15) is 11.5 Å². The molecule has 0 spiro atoms. The van der Waals surface area contributed by atoms with Crippen molar-refractivity contribution in [2.75, 3.05) is 6.54 Å². The fourth-order valence-electron chi connectivity index (χ4n) is 1.74. The van der Waals surface area contributed by atoms with Gasteiger partial charge in [0.05, 0.1) is 11.4 Å². The van der Waals surface area contributed by atoms with Crippen molar-refractivity contribution < 1.29 is 14.3 Å². The Morgan fingerprint density at radius 3 is 2.88 bits per heavy atom. The van der Waals surface area contributed by atoms with E-state index in [9.17, 15) is 9.18 Å². The minimum absolute atomic E-state index is 0.116. The van der Waals surface area contributed by atoms with Gasteiger partial charge in [-0.15, -0.1) is 0 Å². The number of nitrogens with one attached hydrogen (secondary N) is 1. The van der Waals surface area contributed by atoms with Gasteiger partial charge in [-0.05, 0) is 6.07 Å². The number of carboxylic acids is 1. The van der Waals surface area contributed by atoms with Crippen LogP contribution in [0.5, 0.6) is 0 Å². The maximum Gasteiger partial charge on any atom is 0.312 e. The number of nitrogens with two attached hydrogens (primary N) is 1. The number of benzene rings is 1. The van der Waals surface area contributed by atoms with Gasteiger partial charge in [0.15, 0.2) is 5.82 Å². The summed E-state index contributed by atoms with van der Waals surface area (Å²) < 4.78 is 13.9. The van der Waals surface area contributed by atoms with Gasteiger partial charge in [0.25, 0.3) is 0 Å². The lowest BCUT2D eigenvalue weighted by atomic mass is 9.98. The smallest absolute Gasteiger partial charge is 0.312 e. The Hall–Kier alpha value is -1.88. The van der Waals surface area contributed by atoms with Crippen LogP contribution in [-0.4, -0.2) is 22.6 Å². The van der Waals surface area contributed by atoms with E-state index in [2.05, 4.69) is 4.98 Å². The van der Waals surface area contributed by atoms with Crippen molar-refractivity contribution in [1.29, 1.82) is 0 Å². The predicted molar refractivity (Wildman–Crippen MR) is 57.7 cm³/mol. The van der Waals surface area contributed by atoms with Crippen LogP contribution in [0, 0.1) is 5.82 Å². The van der Waals surface area contributed by atoms with Crippen molar-refractivity contribution in [1.82, 2.24) is 4.98 Å². The van der Waals surface area contributed by atoms with E-state index in [-0.39, 0.29) is 12.1 Å². The molecule has 0 amide bonds. The van der Waals surface area contributed by atoms with Crippen LogP contribution in [0.25, 0.3) is 10.9 Å². The third-order valence-electron chi connectivity index (χ3n) is 2.60. The van der Waals surface area contributed by atoms with Crippen LogP contribution in [0.15, 0.2) is 24.4 Å². The number of hydrogen-bond donors (Lipinski definition) is 3. The van der Waals surface area contributed by atoms with Crippen LogP contribution in [0.2, 0.25) is 0 Å². The van der Waals surface area contributed by atoms with Crippen LogP contribution in [0.3, 0.4) is 0 Å². The SMILES string of the molecule is NCC(C(=O)O)c1ccc2cc[nH]c2c1F. The fourth-order valence-corrected chi connectivity index (χ4v) is 1.74. The predicted octanol–water partition coefficient (Wildman–Crippen LogP) is 1.43. The number of aromatic amines is 1. The molecule has 0 radical (unpaired) electrons. The normalized spacial score (nSPS) is 12.9. The molecule has 0 bridgehead atoms. The zero-order valence-electron chi connectivity index (χ0n) is 8.40. The Labute approximate surface area is 90.9 Å². The number of H-pyrrole nitrogens is 1. The van der Waals surface area contributed by atoms with Gasteiger partial charge in [0, 0.05) is 23.7 Å². The summed E-state index contributed by atoms with van der Waals surface area (Å²) in [5.41, 5.74) is 5.77. The van der Waals surface area contributed by atoms with Gasteiger partial charge in [-0.25, -0.2) is 4.39 Å². The topological polar surface area (TPSA) is 79.1 Å². The first-order chi connectivity index (χ1) is 7.65. The van der Waals surface area contributed by atoms with Crippen molar-refractivity contribution in [3.05, 3.63) is 35.8 Å². The molecule has 16 heavy (non-hydrogen) atoms. The van der Waals surface area contributed by atoms with E-state index in [0.717, 1.165) is 0 Å². The lowest BCUT2D eigenvalue weighted by Crippen LogP contribution is -2.22. The van der Waals surface area contributed by atoms with Crippen LogP contribution in [-0.2, 0) is 4.79 Å². The first-order valence-corrected chi connectivity index (χ1v) is 4.83. The van der Waals surface area contributed by atoms with Crippen molar-refractivity contribution in [2.45, 2.75) is 5.92 Å². The minimum atomic E-state index is -1.12. The molecule has 1 heterocycles. The van der Waals surface area contributed by atoms with Gasteiger partial charge in [0.1, 0.15) is 0 Å². The number of fused-ring (bicyclic) bond motifs is 1. The van der Waals surface area contributed by atoms with Gasteiger partial charge >= 0.3 is 5.97 Å². The van der Waals surface area contributed by atoms with Gasteiger partial charge in [-0.2, -0.15) is 0 Å². The Balaban J connectivity index is 2.59. The zero-order chi connectivity index (χ0) is 11.7. The summed E-state index contributed by atoms with van der Waals surface area (Å²) in [6.45, 7) is -0.127. The summed E-state index contributed by atoms with van der Waals surface area (Å²) in [5.74, 6) is -2.67. The van der Waals surface area contributed by atoms with E-state index < -0.39 is 17.7 Å². The largest absolute Gasteiger partial charge is 0.481 e. The average Bonchev–Trinajstić information content (AvgIpc) is 2.70. The summed E-state index contributed by atoms with van der Waals surface area (Å²) in [5, 5.41) is 9.63. The highest BCUT2D eigenvalue weighted by Crippen LogP contribution is 2.25. The molecule has 1 aromatic carbocycles. The number of rotatable bonds is 3. The average molecular weight is 222 g/mol. The molecule has 4 N–H and O–H groups in total. The molecule has 0 fully saturated rings. The second-order valence-electron chi connectivity index (χ2n) is 3.54. The van der Waals surface area contributed by atoms with Crippen LogP contribution < -0.4 is 5.73 Å². The number of halogens is 1. The molecule has 1 atom stereocenters. The van der Waals surface area contributed by atoms with Gasteiger partial charge in [-0.3, -0.25) is 4.79 Å². The molecule has 0 saturated carbocycles. The molecule has 1 aromatic heterocycles. The molecular weight excluding hydrogens is 211 g/mol. The Bertz CT molecular complexity index is 536. The molecule has 0 aliphatic rings. The van der Waals surface area contributed by atoms with Crippen molar-refractivity contribution in [3.8, 4) is 0 Å². The van der Waals surface area contributed by atoms with E-state index in [4.69, 9.17) is 10.8 Å². The van der Waals surface area contributed by atoms with E-state index >= 15 is 0 Å². The quantitative estimate of drug-likeness (QED) is 0.735. The van der Waals surface area contributed by atoms with Crippen molar-refractivity contribution in [2.24, 2.45) is 5.73 Å². The minimum Gasteiger partial charge on any atom is -0.481 e. The monoisotopic (exact) mass is 222 g/mol. The lowest BCUT2D eigenvalue weighted by Gasteiger charge is -2.11.